The van der Waals surface area contributed by atoms with Crippen molar-refractivity contribution in [3.8, 4) is 0 Å². The maximum Gasteiger partial charge on any atom is 0.264 e. The standard InChI is InChI=1S/C12H18O7S2/c1-20(13,14)18-10-12(19-21(2,15)16)9-17-8-11-6-4-3-5-7-11/h3-7,12H,8-10H2,1-2H3/t12-/m0/s1. The van der Waals surface area contributed by atoms with Crippen LogP contribution in [-0.4, -0.2) is 48.7 Å². The van der Waals surface area contributed by atoms with Gasteiger partial charge in [0.1, 0.15) is 6.10 Å². The Kier molecular flexibility index (Phi) is 6.75. The highest BCUT2D eigenvalue weighted by Gasteiger charge is 2.18. The first-order chi connectivity index (χ1) is 9.66. The van der Waals surface area contributed by atoms with Crippen LogP contribution in [0.4, 0.5) is 0 Å². The number of hydrogen-bond donors (Lipinski definition) is 0. The van der Waals surface area contributed by atoms with Crippen molar-refractivity contribution in [1.82, 2.24) is 0 Å². The lowest BCUT2D eigenvalue weighted by molar-refractivity contribution is 0.0235. The van der Waals surface area contributed by atoms with Gasteiger partial charge in [0.2, 0.25) is 0 Å². The zero-order chi connectivity index (χ0) is 15.9. The molecule has 0 N–H and O–H groups in total. The molecule has 0 radical (unpaired) electrons. The predicted molar refractivity (Wildman–Crippen MR) is 76.6 cm³/mol. The van der Waals surface area contributed by atoms with Crippen LogP contribution >= 0.6 is 0 Å². The first-order valence-electron chi connectivity index (χ1n) is 6.00. The summed E-state index contributed by atoms with van der Waals surface area (Å²) in [7, 11) is -7.42. The lowest BCUT2D eigenvalue weighted by Gasteiger charge is -2.16. The number of ether oxygens (including phenoxy) is 1. The molecule has 1 rings (SSSR count). The molecule has 21 heavy (non-hydrogen) atoms. The fourth-order valence-corrected chi connectivity index (χ4v) is 2.44. The van der Waals surface area contributed by atoms with Gasteiger partial charge in [-0.3, -0.25) is 8.37 Å². The second kappa shape index (κ2) is 7.85. The van der Waals surface area contributed by atoms with Crippen molar-refractivity contribution in [3.63, 3.8) is 0 Å². The van der Waals surface area contributed by atoms with Gasteiger partial charge in [-0.05, 0) is 5.56 Å². The molecule has 0 spiro atoms. The molecular weight excluding hydrogens is 320 g/mol. The maximum absolute atomic E-state index is 11.1. The molecule has 0 bridgehead atoms. The molecule has 0 unspecified atom stereocenters. The molecule has 9 heteroatoms. The van der Waals surface area contributed by atoms with Crippen LogP contribution in [0.3, 0.4) is 0 Å². The smallest absolute Gasteiger partial charge is 0.264 e. The lowest BCUT2D eigenvalue weighted by Crippen LogP contribution is -2.29. The summed E-state index contributed by atoms with van der Waals surface area (Å²) < 4.78 is 58.7. The average molecular weight is 338 g/mol. The summed E-state index contributed by atoms with van der Waals surface area (Å²) in [5, 5.41) is 0. The molecular formula is C12H18O7S2. The Balaban J connectivity index is 2.52. The van der Waals surface area contributed by atoms with Crippen LogP contribution in [-0.2, 0) is 39.9 Å². The summed E-state index contributed by atoms with van der Waals surface area (Å²) in [6.45, 7) is -0.290. The van der Waals surface area contributed by atoms with E-state index in [4.69, 9.17) is 8.92 Å². The molecule has 0 aliphatic heterocycles. The van der Waals surface area contributed by atoms with Crippen LogP contribution in [0.15, 0.2) is 30.3 Å². The number of benzene rings is 1. The fourth-order valence-electron chi connectivity index (χ4n) is 1.43. The summed E-state index contributed by atoms with van der Waals surface area (Å²) >= 11 is 0. The molecule has 7 nitrogen and oxygen atoms in total. The molecule has 0 aliphatic rings. The van der Waals surface area contributed by atoms with Crippen molar-refractivity contribution < 1.29 is 29.9 Å². The molecule has 1 aromatic rings. The molecule has 0 amide bonds. The highest BCUT2D eigenvalue weighted by molar-refractivity contribution is 7.86. The molecule has 1 aromatic carbocycles. The second-order valence-corrected chi connectivity index (χ2v) is 7.66. The van der Waals surface area contributed by atoms with Crippen molar-refractivity contribution in [3.05, 3.63) is 35.9 Å². The van der Waals surface area contributed by atoms with Crippen LogP contribution in [0.2, 0.25) is 0 Å². The minimum Gasteiger partial charge on any atom is -0.374 e. The molecule has 0 saturated carbocycles. The third kappa shape index (κ3) is 9.53. The molecule has 0 aliphatic carbocycles. The summed E-state index contributed by atoms with van der Waals surface area (Å²) in [6, 6.07) is 9.24. The Bertz CT molecular complexity index is 623. The van der Waals surface area contributed by atoms with Gasteiger partial charge < -0.3 is 4.74 Å². The van der Waals surface area contributed by atoms with Crippen molar-refractivity contribution >= 4 is 20.2 Å². The quantitative estimate of drug-likeness (QED) is 0.606. The lowest BCUT2D eigenvalue weighted by atomic mass is 10.2. The Morgan fingerprint density at radius 3 is 2.10 bits per heavy atom. The topological polar surface area (TPSA) is 96.0 Å². The normalized spacial score (nSPS) is 14.0. The van der Waals surface area contributed by atoms with Gasteiger partial charge >= 0.3 is 0 Å². The highest BCUT2D eigenvalue weighted by Crippen LogP contribution is 2.05. The Morgan fingerprint density at radius 2 is 1.57 bits per heavy atom. The minimum atomic E-state index is -3.74. The average Bonchev–Trinajstić information content (AvgIpc) is 2.34. The van der Waals surface area contributed by atoms with Crippen molar-refractivity contribution in [2.24, 2.45) is 0 Å². The van der Waals surface area contributed by atoms with E-state index < -0.39 is 32.9 Å². The Hall–Kier alpha value is -1.00. The van der Waals surface area contributed by atoms with Gasteiger partial charge in [-0.15, -0.1) is 0 Å². The van der Waals surface area contributed by atoms with E-state index in [1.807, 2.05) is 30.3 Å². The maximum atomic E-state index is 11.1. The number of rotatable bonds is 9. The molecule has 0 fully saturated rings. The van der Waals surface area contributed by atoms with E-state index in [0.29, 0.717) is 0 Å². The van der Waals surface area contributed by atoms with E-state index in [0.717, 1.165) is 18.1 Å². The first kappa shape index (κ1) is 18.1. The zero-order valence-electron chi connectivity index (χ0n) is 11.8. The monoisotopic (exact) mass is 338 g/mol. The summed E-state index contributed by atoms with van der Waals surface area (Å²) in [5.41, 5.74) is 0.902. The van der Waals surface area contributed by atoms with Crippen molar-refractivity contribution in [2.45, 2.75) is 12.7 Å². The van der Waals surface area contributed by atoms with Gasteiger partial charge in [-0.2, -0.15) is 16.8 Å². The van der Waals surface area contributed by atoms with Crippen molar-refractivity contribution in [1.29, 1.82) is 0 Å². The second-order valence-electron chi connectivity index (χ2n) is 4.41. The highest BCUT2D eigenvalue weighted by atomic mass is 32.2. The van der Waals surface area contributed by atoms with Crippen LogP contribution in [0.1, 0.15) is 5.56 Å². The Morgan fingerprint density at radius 1 is 0.952 bits per heavy atom. The number of hydrogen-bond acceptors (Lipinski definition) is 7. The molecule has 0 heterocycles. The van der Waals surface area contributed by atoms with Gasteiger partial charge in [0, 0.05) is 0 Å². The van der Waals surface area contributed by atoms with Gasteiger partial charge in [0.05, 0.1) is 32.3 Å². The van der Waals surface area contributed by atoms with E-state index >= 15 is 0 Å². The SMILES string of the molecule is CS(=O)(=O)OC[C@H](COCc1ccccc1)OS(C)(=O)=O. The third-order valence-corrected chi connectivity index (χ3v) is 3.38. The third-order valence-electron chi connectivity index (χ3n) is 2.19. The van der Waals surface area contributed by atoms with Gasteiger partial charge in [-0.1, -0.05) is 30.3 Å². The van der Waals surface area contributed by atoms with Crippen molar-refractivity contribution in [2.75, 3.05) is 25.7 Å². The summed E-state index contributed by atoms with van der Waals surface area (Å²) in [4.78, 5) is 0. The van der Waals surface area contributed by atoms with Gasteiger partial charge in [0.25, 0.3) is 20.2 Å². The van der Waals surface area contributed by atoms with Gasteiger partial charge in [0.15, 0.2) is 0 Å². The molecule has 0 aromatic heterocycles. The summed E-state index contributed by atoms with van der Waals surface area (Å²) in [6.07, 6.45) is 0.714. The van der Waals surface area contributed by atoms with Crippen LogP contribution < -0.4 is 0 Å². The van der Waals surface area contributed by atoms with E-state index in [-0.39, 0.29) is 13.2 Å². The molecule has 1 atom stereocenters. The van der Waals surface area contributed by atoms with E-state index in [2.05, 4.69) is 4.18 Å². The molecule has 120 valence electrons. The predicted octanol–water partition coefficient (Wildman–Crippen LogP) is 0.524. The summed E-state index contributed by atoms with van der Waals surface area (Å²) in [5.74, 6) is 0. The van der Waals surface area contributed by atoms with E-state index in [1.54, 1.807) is 0 Å². The zero-order valence-corrected chi connectivity index (χ0v) is 13.4. The van der Waals surface area contributed by atoms with Gasteiger partial charge in [-0.25, -0.2) is 0 Å². The fraction of sp³-hybridized carbons (Fsp3) is 0.500. The van der Waals surface area contributed by atoms with Crippen LogP contribution in [0, 0.1) is 0 Å². The Labute approximate surface area is 125 Å². The van der Waals surface area contributed by atoms with E-state index in [9.17, 15) is 16.8 Å². The largest absolute Gasteiger partial charge is 0.374 e. The minimum absolute atomic E-state index is 0.114. The van der Waals surface area contributed by atoms with Crippen LogP contribution in [0.25, 0.3) is 0 Å². The van der Waals surface area contributed by atoms with E-state index in [1.165, 1.54) is 0 Å². The van der Waals surface area contributed by atoms with Crippen LogP contribution in [0.5, 0.6) is 0 Å². The molecule has 0 saturated heterocycles. The first-order valence-corrected chi connectivity index (χ1v) is 9.63.